The van der Waals surface area contributed by atoms with Gasteiger partial charge in [0.25, 0.3) is 0 Å². The second kappa shape index (κ2) is 6.23. The van der Waals surface area contributed by atoms with E-state index in [4.69, 9.17) is 0 Å². The number of hydrogen-bond acceptors (Lipinski definition) is 5. The number of hydrogen-bond donors (Lipinski definition) is 3. The van der Waals surface area contributed by atoms with Crippen molar-refractivity contribution in [2.24, 2.45) is 0 Å². The minimum Gasteiger partial charge on any atom is -0.480 e. The van der Waals surface area contributed by atoms with Crippen molar-refractivity contribution in [2.45, 2.75) is 62.8 Å². The van der Waals surface area contributed by atoms with Crippen LogP contribution in [0.5, 0.6) is 0 Å². The topological polar surface area (TPSA) is 100 Å². The van der Waals surface area contributed by atoms with E-state index >= 15 is 0 Å². The molecule has 0 aliphatic heterocycles. The van der Waals surface area contributed by atoms with Gasteiger partial charge in [0, 0.05) is 17.8 Å². The Kier molecular flexibility index (Phi) is 4.77. The summed E-state index contributed by atoms with van der Waals surface area (Å²) in [4.78, 5) is 23.1. The Morgan fingerprint density at radius 3 is 2.81 bits per heavy atom. The van der Waals surface area contributed by atoms with E-state index in [-0.39, 0.29) is 11.7 Å². The van der Waals surface area contributed by atoms with Crippen LogP contribution in [0.1, 0.15) is 46.1 Å². The molecule has 0 spiro atoms. The summed E-state index contributed by atoms with van der Waals surface area (Å²) < 4.78 is 1.58. The molecule has 118 valence electrons. The molecule has 0 aromatic carbocycles. The van der Waals surface area contributed by atoms with Crippen molar-refractivity contribution in [2.75, 3.05) is 5.75 Å². The van der Waals surface area contributed by atoms with Gasteiger partial charge in [-0.1, -0.05) is 11.8 Å². The molecular weight excluding hydrogens is 292 g/mol. The Balaban J connectivity index is 1.96. The summed E-state index contributed by atoms with van der Waals surface area (Å²) >= 11 is 1.41. The van der Waals surface area contributed by atoms with Gasteiger partial charge in [0.05, 0.1) is 0 Å². The molecule has 1 aromatic rings. The van der Waals surface area contributed by atoms with E-state index in [0.29, 0.717) is 23.4 Å². The van der Waals surface area contributed by atoms with Crippen LogP contribution in [0.15, 0.2) is 9.95 Å². The van der Waals surface area contributed by atoms with Crippen molar-refractivity contribution in [3.8, 4) is 0 Å². The van der Waals surface area contributed by atoms with Crippen LogP contribution in [0, 0.1) is 0 Å². The Morgan fingerprint density at radius 1 is 1.62 bits per heavy atom. The van der Waals surface area contributed by atoms with Gasteiger partial charge in [0.2, 0.25) is 0 Å². The Hall–Kier alpha value is -1.28. The van der Waals surface area contributed by atoms with E-state index in [0.717, 1.165) is 12.8 Å². The van der Waals surface area contributed by atoms with E-state index in [1.165, 1.54) is 11.8 Å². The highest BCUT2D eigenvalue weighted by Gasteiger charge is 2.38. The number of carbonyl (C=O) groups is 1. The predicted molar refractivity (Wildman–Crippen MR) is 80.8 cm³/mol. The highest BCUT2D eigenvalue weighted by atomic mass is 32.2. The highest BCUT2D eigenvalue weighted by molar-refractivity contribution is 7.99. The lowest BCUT2D eigenvalue weighted by Gasteiger charge is -2.26. The van der Waals surface area contributed by atoms with E-state index in [2.05, 4.69) is 15.5 Å². The minimum atomic E-state index is -0.923. The number of aliphatic carboxylic acids is 1. The lowest BCUT2D eigenvalue weighted by Crippen LogP contribution is -2.51. The number of rotatable bonds is 8. The van der Waals surface area contributed by atoms with Gasteiger partial charge in [-0.05, 0) is 40.0 Å². The van der Waals surface area contributed by atoms with Crippen molar-refractivity contribution in [1.82, 2.24) is 20.1 Å². The number of H-pyrrole nitrogens is 1. The molecule has 21 heavy (non-hydrogen) atoms. The quantitative estimate of drug-likeness (QED) is 0.624. The largest absolute Gasteiger partial charge is 0.480 e. The average Bonchev–Trinajstić information content (AvgIpc) is 3.11. The molecule has 7 nitrogen and oxygen atoms in total. The number of carboxylic acid groups (broad SMARTS) is 1. The van der Waals surface area contributed by atoms with E-state index in [1.54, 1.807) is 11.5 Å². The van der Waals surface area contributed by atoms with E-state index in [9.17, 15) is 14.7 Å². The van der Waals surface area contributed by atoms with E-state index < -0.39 is 11.5 Å². The molecule has 1 fully saturated rings. The molecule has 0 amide bonds. The first-order valence-electron chi connectivity index (χ1n) is 7.14. The van der Waals surface area contributed by atoms with Gasteiger partial charge in [-0.25, -0.2) is 9.89 Å². The van der Waals surface area contributed by atoms with Crippen molar-refractivity contribution in [1.29, 1.82) is 0 Å². The molecule has 8 heteroatoms. The Labute approximate surface area is 127 Å². The summed E-state index contributed by atoms with van der Waals surface area (Å²) in [7, 11) is 0. The Bertz CT molecular complexity index is 564. The van der Waals surface area contributed by atoms with Gasteiger partial charge in [-0.2, -0.15) is 0 Å². The van der Waals surface area contributed by atoms with Crippen molar-refractivity contribution in [3.63, 3.8) is 0 Å². The van der Waals surface area contributed by atoms with Gasteiger partial charge in [-0.15, -0.1) is 5.10 Å². The normalized spacial score (nSPS) is 17.9. The smallest absolute Gasteiger partial charge is 0.344 e. The molecule has 1 aromatic heterocycles. The lowest BCUT2D eigenvalue weighted by atomic mass is 9.99. The monoisotopic (exact) mass is 314 g/mol. The molecule has 2 rings (SSSR count). The molecule has 3 N–H and O–H groups in total. The molecule has 1 heterocycles. The summed E-state index contributed by atoms with van der Waals surface area (Å²) in [6.07, 6.45) is 2.56. The average molecular weight is 314 g/mol. The van der Waals surface area contributed by atoms with Gasteiger partial charge in [0.15, 0.2) is 5.16 Å². The molecule has 1 unspecified atom stereocenters. The fourth-order valence-corrected chi connectivity index (χ4v) is 3.35. The van der Waals surface area contributed by atoms with Crippen LogP contribution >= 0.6 is 11.8 Å². The second-order valence-electron chi connectivity index (χ2n) is 5.93. The van der Waals surface area contributed by atoms with Crippen molar-refractivity contribution in [3.05, 3.63) is 10.5 Å². The molecule has 1 aliphatic carbocycles. The van der Waals surface area contributed by atoms with Crippen LogP contribution < -0.4 is 11.0 Å². The third-order valence-electron chi connectivity index (χ3n) is 3.59. The summed E-state index contributed by atoms with van der Waals surface area (Å²) in [5.41, 5.74) is -1.16. The predicted octanol–water partition coefficient (Wildman–Crippen LogP) is 1.23. The molecule has 1 saturated carbocycles. The van der Waals surface area contributed by atoms with Gasteiger partial charge in [-0.3, -0.25) is 14.7 Å². The fraction of sp³-hybridized carbons (Fsp3) is 0.769. The molecule has 1 atom stereocenters. The first-order chi connectivity index (χ1) is 9.83. The van der Waals surface area contributed by atoms with Gasteiger partial charge < -0.3 is 5.11 Å². The molecule has 1 aliphatic rings. The zero-order chi connectivity index (χ0) is 15.6. The maximum absolute atomic E-state index is 11.6. The van der Waals surface area contributed by atoms with Crippen molar-refractivity contribution >= 4 is 17.7 Å². The van der Waals surface area contributed by atoms with Crippen LogP contribution in [0.4, 0.5) is 0 Å². The molecule has 0 radical (unpaired) electrons. The summed E-state index contributed by atoms with van der Waals surface area (Å²) in [6, 6.07) is 0.351. The number of carboxylic acids is 1. The van der Waals surface area contributed by atoms with E-state index in [1.807, 2.05) is 13.8 Å². The maximum Gasteiger partial charge on any atom is 0.344 e. The zero-order valence-corrected chi connectivity index (χ0v) is 13.4. The van der Waals surface area contributed by atoms with Crippen LogP contribution in [-0.4, -0.2) is 43.2 Å². The van der Waals surface area contributed by atoms with Crippen LogP contribution in [0.25, 0.3) is 0 Å². The molecular formula is C13H22N4O3S. The number of aromatic nitrogens is 3. The summed E-state index contributed by atoms with van der Waals surface area (Å²) in [5.74, 6) is -0.252. The highest BCUT2D eigenvalue weighted by Crippen LogP contribution is 2.26. The standard InChI is InChI=1S/C13H22N4O3S/c1-8(2)17-11(20)15-16-12(17)21-7-6-13(3,10(18)19)14-9-4-5-9/h8-9,14H,4-7H2,1-3H3,(H,15,20)(H,18,19). The first kappa shape index (κ1) is 16.1. The second-order valence-corrected chi connectivity index (χ2v) is 6.99. The van der Waals surface area contributed by atoms with Crippen LogP contribution in [0.3, 0.4) is 0 Å². The number of nitrogens with zero attached hydrogens (tertiary/aromatic N) is 2. The first-order valence-corrected chi connectivity index (χ1v) is 8.13. The number of nitrogens with one attached hydrogen (secondary N) is 2. The minimum absolute atomic E-state index is 0.0224. The van der Waals surface area contributed by atoms with Crippen LogP contribution in [0.2, 0.25) is 0 Å². The third kappa shape index (κ3) is 3.88. The SMILES string of the molecule is CC(C)n1c(SCCC(C)(NC2CC2)C(=O)O)n[nH]c1=O. The van der Waals surface area contributed by atoms with Crippen molar-refractivity contribution < 1.29 is 9.90 Å². The van der Waals surface area contributed by atoms with Crippen LogP contribution in [-0.2, 0) is 4.79 Å². The Morgan fingerprint density at radius 2 is 2.29 bits per heavy atom. The van der Waals surface area contributed by atoms with Gasteiger partial charge in [0.1, 0.15) is 5.54 Å². The van der Waals surface area contributed by atoms with Gasteiger partial charge >= 0.3 is 11.7 Å². The molecule has 0 saturated heterocycles. The number of aromatic amines is 1. The molecule has 0 bridgehead atoms. The maximum atomic E-state index is 11.6. The fourth-order valence-electron chi connectivity index (χ4n) is 2.11. The number of thioether (sulfide) groups is 1. The third-order valence-corrected chi connectivity index (χ3v) is 4.55. The summed E-state index contributed by atoms with van der Waals surface area (Å²) in [6.45, 7) is 5.54. The lowest BCUT2D eigenvalue weighted by molar-refractivity contribution is -0.144. The zero-order valence-electron chi connectivity index (χ0n) is 12.5. The summed E-state index contributed by atoms with van der Waals surface area (Å²) in [5, 5.41) is 19.6.